The van der Waals surface area contributed by atoms with Crippen LogP contribution in [-0.2, 0) is 0 Å². The van der Waals surface area contributed by atoms with Gasteiger partial charge < -0.3 is 10.8 Å². The van der Waals surface area contributed by atoms with Crippen LogP contribution in [0.2, 0.25) is 5.02 Å². The minimum absolute atomic E-state index is 0.227. The highest BCUT2D eigenvalue weighted by Crippen LogP contribution is 2.40. The monoisotopic (exact) mass is 257 g/mol. The molecule has 4 heteroatoms. The van der Waals surface area contributed by atoms with Gasteiger partial charge in [0.25, 0.3) is 0 Å². The fourth-order valence-corrected chi connectivity index (χ4v) is 3.60. The molecule has 0 aliphatic heterocycles. The predicted octanol–water partition coefficient (Wildman–Crippen LogP) is 3.32. The van der Waals surface area contributed by atoms with E-state index in [4.69, 9.17) is 17.3 Å². The number of hydrogen-bond donors (Lipinski definition) is 2. The molecule has 16 heavy (non-hydrogen) atoms. The van der Waals surface area contributed by atoms with Gasteiger partial charge >= 0.3 is 0 Å². The summed E-state index contributed by atoms with van der Waals surface area (Å²) in [6, 6.07) is 5.54. The van der Waals surface area contributed by atoms with Gasteiger partial charge in [-0.05, 0) is 25.0 Å². The molecule has 0 aromatic heterocycles. The number of anilines is 1. The van der Waals surface area contributed by atoms with Gasteiger partial charge in [0.05, 0.1) is 11.1 Å². The van der Waals surface area contributed by atoms with Gasteiger partial charge in [-0.3, -0.25) is 0 Å². The number of rotatable bonds is 2. The summed E-state index contributed by atoms with van der Waals surface area (Å²) in [4.78, 5) is 0.912. The molecule has 1 fully saturated rings. The zero-order valence-electron chi connectivity index (χ0n) is 9.03. The minimum Gasteiger partial charge on any atom is -0.398 e. The maximum Gasteiger partial charge on any atom is 0.0662 e. The van der Waals surface area contributed by atoms with Crippen molar-refractivity contribution in [2.75, 3.05) is 5.73 Å². The summed E-state index contributed by atoms with van der Waals surface area (Å²) in [6.45, 7) is 0. The van der Waals surface area contributed by atoms with Crippen molar-refractivity contribution in [3.05, 3.63) is 23.2 Å². The van der Waals surface area contributed by atoms with E-state index >= 15 is 0 Å². The van der Waals surface area contributed by atoms with Gasteiger partial charge in [0.2, 0.25) is 0 Å². The highest BCUT2D eigenvalue weighted by atomic mass is 35.5. The maximum atomic E-state index is 9.91. The van der Waals surface area contributed by atoms with E-state index in [0.717, 1.165) is 24.2 Å². The zero-order chi connectivity index (χ0) is 11.5. The predicted molar refractivity (Wildman–Crippen MR) is 70.0 cm³/mol. The summed E-state index contributed by atoms with van der Waals surface area (Å²) in [5.41, 5.74) is 6.60. The Bertz CT molecular complexity index is 352. The largest absolute Gasteiger partial charge is 0.398 e. The molecule has 1 aliphatic rings. The smallest absolute Gasteiger partial charge is 0.0662 e. The highest BCUT2D eigenvalue weighted by Gasteiger charge is 2.25. The van der Waals surface area contributed by atoms with E-state index < -0.39 is 0 Å². The van der Waals surface area contributed by atoms with Crippen molar-refractivity contribution < 1.29 is 5.11 Å². The molecule has 3 N–H and O–H groups in total. The lowest BCUT2D eigenvalue weighted by Gasteiger charge is -2.27. The molecule has 0 spiro atoms. The Balaban J connectivity index is 2.13. The maximum absolute atomic E-state index is 9.91. The van der Waals surface area contributed by atoms with Crippen molar-refractivity contribution in [2.45, 2.75) is 41.9 Å². The van der Waals surface area contributed by atoms with Crippen LogP contribution in [0.15, 0.2) is 23.1 Å². The van der Waals surface area contributed by atoms with Crippen LogP contribution in [0.5, 0.6) is 0 Å². The first-order valence-corrected chi connectivity index (χ1v) is 6.83. The van der Waals surface area contributed by atoms with Crippen LogP contribution in [0.3, 0.4) is 0 Å². The molecule has 0 bridgehead atoms. The molecule has 2 nitrogen and oxygen atoms in total. The quantitative estimate of drug-likeness (QED) is 0.799. The van der Waals surface area contributed by atoms with Crippen LogP contribution in [0.4, 0.5) is 5.69 Å². The normalized spacial score (nSPS) is 25.6. The van der Waals surface area contributed by atoms with E-state index in [0.29, 0.717) is 10.7 Å². The standard InChI is InChI=1S/C12H16ClNOS/c13-8-4-3-5-9(14)12(8)16-11-7-2-1-6-10(11)15/h3-5,10-11,15H,1-2,6-7,14H2. The lowest BCUT2D eigenvalue weighted by Crippen LogP contribution is -2.26. The van der Waals surface area contributed by atoms with Crippen molar-refractivity contribution in [3.63, 3.8) is 0 Å². The number of nitrogen functional groups attached to an aromatic ring is 1. The SMILES string of the molecule is Nc1cccc(Cl)c1SC1CCCCC1O. The second-order valence-electron chi connectivity index (χ2n) is 4.17. The molecule has 2 atom stereocenters. The summed E-state index contributed by atoms with van der Waals surface area (Å²) in [6.07, 6.45) is 4.00. The number of hydrogen-bond acceptors (Lipinski definition) is 3. The van der Waals surface area contributed by atoms with Crippen molar-refractivity contribution in [3.8, 4) is 0 Å². The van der Waals surface area contributed by atoms with E-state index in [-0.39, 0.29) is 11.4 Å². The van der Waals surface area contributed by atoms with Crippen LogP contribution in [-0.4, -0.2) is 16.5 Å². The number of halogens is 1. The first-order valence-electron chi connectivity index (χ1n) is 5.57. The van der Waals surface area contributed by atoms with E-state index in [2.05, 4.69) is 0 Å². The van der Waals surface area contributed by atoms with Gasteiger partial charge in [-0.2, -0.15) is 0 Å². The fourth-order valence-electron chi connectivity index (χ4n) is 2.02. The van der Waals surface area contributed by atoms with Gasteiger partial charge in [0.1, 0.15) is 0 Å². The second kappa shape index (κ2) is 5.30. The van der Waals surface area contributed by atoms with E-state index in [1.165, 1.54) is 6.42 Å². The number of thioether (sulfide) groups is 1. The minimum atomic E-state index is -0.227. The molecule has 2 rings (SSSR count). The third kappa shape index (κ3) is 2.65. The summed E-state index contributed by atoms with van der Waals surface area (Å²) < 4.78 is 0. The number of nitrogens with two attached hydrogens (primary N) is 1. The Morgan fingerprint density at radius 1 is 1.31 bits per heavy atom. The molecular weight excluding hydrogens is 242 g/mol. The first kappa shape index (κ1) is 12.1. The highest BCUT2D eigenvalue weighted by molar-refractivity contribution is 8.00. The van der Waals surface area contributed by atoms with E-state index in [1.807, 2.05) is 18.2 Å². The number of aliphatic hydroxyl groups excluding tert-OH is 1. The topological polar surface area (TPSA) is 46.2 Å². The van der Waals surface area contributed by atoms with Crippen LogP contribution in [0.1, 0.15) is 25.7 Å². The van der Waals surface area contributed by atoms with Gasteiger partial charge in [-0.1, -0.05) is 30.5 Å². The summed E-state index contributed by atoms with van der Waals surface area (Å²) in [5, 5.41) is 10.8. The molecular formula is C12H16ClNOS. The molecule has 0 amide bonds. The lowest BCUT2D eigenvalue weighted by atomic mass is 9.97. The van der Waals surface area contributed by atoms with Crippen molar-refractivity contribution in [1.82, 2.24) is 0 Å². The van der Waals surface area contributed by atoms with Crippen LogP contribution >= 0.6 is 23.4 Å². The molecule has 0 radical (unpaired) electrons. The molecule has 1 aromatic rings. The van der Waals surface area contributed by atoms with Crippen LogP contribution < -0.4 is 5.73 Å². The second-order valence-corrected chi connectivity index (χ2v) is 5.82. The summed E-state index contributed by atoms with van der Waals surface area (Å²) in [5.74, 6) is 0. The molecule has 2 unspecified atom stereocenters. The van der Waals surface area contributed by atoms with Crippen LogP contribution in [0.25, 0.3) is 0 Å². The molecule has 0 heterocycles. The Kier molecular flexibility index (Phi) is 4.00. The Morgan fingerprint density at radius 2 is 2.06 bits per heavy atom. The van der Waals surface area contributed by atoms with Gasteiger partial charge in [-0.25, -0.2) is 0 Å². The fraction of sp³-hybridized carbons (Fsp3) is 0.500. The molecule has 1 aromatic carbocycles. The molecule has 0 saturated heterocycles. The average Bonchev–Trinajstić information content (AvgIpc) is 2.26. The van der Waals surface area contributed by atoms with Gasteiger partial charge in [-0.15, -0.1) is 11.8 Å². The van der Waals surface area contributed by atoms with Gasteiger partial charge in [0.15, 0.2) is 0 Å². The van der Waals surface area contributed by atoms with E-state index in [9.17, 15) is 5.11 Å². The number of benzene rings is 1. The van der Waals surface area contributed by atoms with Crippen LogP contribution in [0, 0.1) is 0 Å². The molecule has 1 aliphatic carbocycles. The Hall–Kier alpha value is -0.380. The average molecular weight is 258 g/mol. The zero-order valence-corrected chi connectivity index (χ0v) is 10.6. The molecule has 1 saturated carbocycles. The van der Waals surface area contributed by atoms with Crippen molar-refractivity contribution >= 4 is 29.1 Å². The lowest BCUT2D eigenvalue weighted by molar-refractivity contribution is 0.137. The van der Waals surface area contributed by atoms with E-state index in [1.54, 1.807) is 11.8 Å². The number of aliphatic hydroxyl groups is 1. The summed E-state index contributed by atoms with van der Waals surface area (Å²) in [7, 11) is 0. The molecule has 88 valence electrons. The Morgan fingerprint density at radius 3 is 2.75 bits per heavy atom. The Labute approximate surface area is 105 Å². The van der Waals surface area contributed by atoms with Gasteiger partial charge in [0, 0.05) is 15.8 Å². The van der Waals surface area contributed by atoms with Crippen molar-refractivity contribution in [1.29, 1.82) is 0 Å². The first-order chi connectivity index (χ1) is 7.68. The third-order valence-corrected chi connectivity index (χ3v) is 4.91. The third-order valence-electron chi connectivity index (χ3n) is 2.93. The summed E-state index contributed by atoms with van der Waals surface area (Å²) >= 11 is 7.73. The van der Waals surface area contributed by atoms with Crippen molar-refractivity contribution in [2.24, 2.45) is 0 Å².